The Morgan fingerprint density at radius 3 is 2.73 bits per heavy atom. The Bertz CT molecular complexity index is 856. The van der Waals surface area contributed by atoms with E-state index in [-0.39, 0.29) is 27.9 Å². The molecule has 1 aromatic carbocycles. The summed E-state index contributed by atoms with van der Waals surface area (Å²) in [6.07, 6.45) is -4.46. The Balaban J connectivity index is 1.89. The van der Waals surface area contributed by atoms with Crippen LogP contribution in [0.2, 0.25) is 0 Å². The molecule has 0 aliphatic carbocycles. The number of oxazole rings is 1. The number of thiazole rings is 1. The van der Waals surface area contributed by atoms with Gasteiger partial charge in [-0.2, -0.15) is 18.2 Å². The maximum Gasteiger partial charge on any atom is 0.416 e. The molecule has 1 amide bonds. The lowest BCUT2D eigenvalue weighted by Gasteiger charge is -2.04. The molecule has 10 heteroatoms. The summed E-state index contributed by atoms with van der Waals surface area (Å²) in [7, 11) is 0. The van der Waals surface area contributed by atoms with Crippen LogP contribution < -0.4 is 11.1 Å². The molecule has 3 aromatic rings. The Morgan fingerprint density at radius 1 is 1.32 bits per heavy atom. The van der Waals surface area contributed by atoms with E-state index in [1.165, 1.54) is 11.4 Å². The monoisotopic (exact) mass is 328 g/mol. The number of primary amides is 1. The van der Waals surface area contributed by atoms with Crippen LogP contribution >= 0.6 is 11.3 Å². The van der Waals surface area contributed by atoms with E-state index < -0.39 is 17.6 Å². The molecule has 0 fully saturated rings. The summed E-state index contributed by atoms with van der Waals surface area (Å²) in [4.78, 5) is 18.8. The molecular weight excluding hydrogens is 321 g/mol. The van der Waals surface area contributed by atoms with E-state index in [1.54, 1.807) is 0 Å². The van der Waals surface area contributed by atoms with Gasteiger partial charge in [-0.15, -0.1) is 11.3 Å². The van der Waals surface area contributed by atoms with Crippen LogP contribution in [-0.4, -0.2) is 15.9 Å². The number of alkyl halides is 3. The lowest BCUT2D eigenvalue weighted by molar-refractivity contribution is -0.137. The second-order valence-electron chi connectivity index (χ2n) is 4.23. The molecule has 0 aliphatic rings. The standard InChI is InChI=1S/C12H7F3N4O2S/c13-12(14,15)5-1-2-6-8(3-5)21-10(17-6)19-11-18-7(4-22-11)9(16)20/h1-4H,(H2,16,20)(H,17,18,19). The zero-order valence-corrected chi connectivity index (χ0v) is 11.5. The van der Waals surface area contributed by atoms with E-state index in [2.05, 4.69) is 15.3 Å². The summed E-state index contributed by atoms with van der Waals surface area (Å²) in [5.74, 6) is -0.684. The van der Waals surface area contributed by atoms with Crippen molar-refractivity contribution >= 4 is 39.5 Å². The first kappa shape index (κ1) is 14.3. The first-order valence-corrected chi connectivity index (χ1v) is 6.71. The predicted molar refractivity (Wildman–Crippen MR) is 72.9 cm³/mol. The van der Waals surface area contributed by atoms with Gasteiger partial charge in [0.25, 0.3) is 5.91 Å². The number of carbonyl (C=O) groups excluding carboxylic acids is 1. The van der Waals surface area contributed by atoms with Gasteiger partial charge < -0.3 is 10.2 Å². The maximum absolute atomic E-state index is 12.6. The van der Waals surface area contributed by atoms with Crippen LogP contribution in [-0.2, 0) is 6.18 Å². The third kappa shape index (κ3) is 2.72. The maximum atomic E-state index is 12.6. The number of benzene rings is 1. The normalized spacial score (nSPS) is 11.8. The van der Waals surface area contributed by atoms with E-state index in [9.17, 15) is 18.0 Å². The van der Waals surface area contributed by atoms with Crippen molar-refractivity contribution in [2.24, 2.45) is 5.73 Å². The third-order valence-corrected chi connectivity index (χ3v) is 3.44. The van der Waals surface area contributed by atoms with Crippen molar-refractivity contribution in [3.63, 3.8) is 0 Å². The highest BCUT2D eigenvalue weighted by molar-refractivity contribution is 7.14. The molecule has 0 saturated heterocycles. The minimum absolute atomic E-state index is 0.0102. The summed E-state index contributed by atoms with van der Waals surface area (Å²) in [6, 6.07) is 2.97. The molecule has 0 aliphatic heterocycles. The van der Waals surface area contributed by atoms with Gasteiger partial charge in [0.05, 0.1) is 5.56 Å². The lowest BCUT2D eigenvalue weighted by Crippen LogP contribution is -2.11. The van der Waals surface area contributed by atoms with Gasteiger partial charge in [0.2, 0.25) is 0 Å². The van der Waals surface area contributed by atoms with Crippen molar-refractivity contribution in [1.82, 2.24) is 9.97 Å². The Morgan fingerprint density at radius 2 is 2.09 bits per heavy atom. The van der Waals surface area contributed by atoms with Crippen molar-refractivity contribution in [3.8, 4) is 0 Å². The van der Waals surface area contributed by atoms with Crippen LogP contribution in [0.1, 0.15) is 16.1 Å². The van der Waals surface area contributed by atoms with Gasteiger partial charge in [0.15, 0.2) is 10.7 Å². The number of amides is 1. The number of anilines is 2. The lowest BCUT2D eigenvalue weighted by atomic mass is 10.2. The SMILES string of the molecule is NC(=O)c1csc(Nc2nc3ccc(C(F)(F)F)cc3o2)n1. The number of halogens is 3. The number of hydrogen-bond acceptors (Lipinski definition) is 6. The smallest absolute Gasteiger partial charge is 0.416 e. The highest BCUT2D eigenvalue weighted by Crippen LogP contribution is 2.32. The molecule has 0 atom stereocenters. The van der Waals surface area contributed by atoms with Crippen molar-refractivity contribution in [1.29, 1.82) is 0 Å². The molecule has 0 radical (unpaired) electrons. The largest absolute Gasteiger partial charge is 0.423 e. The zero-order chi connectivity index (χ0) is 15.9. The summed E-state index contributed by atoms with van der Waals surface area (Å²) in [5, 5.41) is 4.40. The molecule has 3 rings (SSSR count). The minimum atomic E-state index is -4.46. The number of nitrogens with one attached hydrogen (secondary N) is 1. The number of fused-ring (bicyclic) bond motifs is 1. The van der Waals surface area contributed by atoms with Gasteiger partial charge in [0, 0.05) is 5.38 Å². The zero-order valence-electron chi connectivity index (χ0n) is 10.6. The van der Waals surface area contributed by atoms with Crippen LogP contribution in [0, 0.1) is 0 Å². The van der Waals surface area contributed by atoms with Gasteiger partial charge in [-0.1, -0.05) is 0 Å². The second-order valence-corrected chi connectivity index (χ2v) is 5.08. The quantitative estimate of drug-likeness (QED) is 0.770. The molecule has 0 saturated carbocycles. The second kappa shape index (κ2) is 4.98. The molecule has 6 nitrogen and oxygen atoms in total. The number of nitrogens with two attached hydrogens (primary N) is 1. The molecule has 2 heterocycles. The van der Waals surface area contributed by atoms with Crippen LogP contribution in [0.25, 0.3) is 11.1 Å². The number of hydrogen-bond donors (Lipinski definition) is 2. The van der Waals surface area contributed by atoms with Crippen LogP contribution in [0.4, 0.5) is 24.3 Å². The molecule has 0 spiro atoms. The third-order valence-electron chi connectivity index (χ3n) is 2.69. The molecule has 0 bridgehead atoms. The van der Waals surface area contributed by atoms with E-state index >= 15 is 0 Å². The average Bonchev–Trinajstić information content (AvgIpc) is 3.03. The van der Waals surface area contributed by atoms with Crippen molar-refractivity contribution in [2.45, 2.75) is 6.18 Å². The van der Waals surface area contributed by atoms with E-state index in [1.807, 2.05) is 0 Å². The highest BCUT2D eigenvalue weighted by Gasteiger charge is 2.31. The fourth-order valence-electron chi connectivity index (χ4n) is 1.69. The minimum Gasteiger partial charge on any atom is -0.423 e. The van der Waals surface area contributed by atoms with Crippen molar-refractivity contribution in [3.05, 3.63) is 34.8 Å². The number of nitrogens with zero attached hydrogens (tertiary/aromatic N) is 2. The first-order valence-electron chi connectivity index (χ1n) is 5.83. The summed E-state index contributed by atoms with van der Waals surface area (Å²) < 4.78 is 43.1. The van der Waals surface area contributed by atoms with Crippen molar-refractivity contribution < 1.29 is 22.4 Å². The molecule has 114 valence electrons. The van der Waals surface area contributed by atoms with E-state index in [0.29, 0.717) is 0 Å². The fourth-order valence-corrected chi connectivity index (χ4v) is 2.38. The fraction of sp³-hybridized carbons (Fsp3) is 0.0833. The highest BCUT2D eigenvalue weighted by atomic mass is 32.1. The Hall–Kier alpha value is -2.62. The van der Waals surface area contributed by atoms with Gasteiger partial charge in [-0.3, -0.25) is 10.1 Å². The topological polar surface area (TPSA) is 94.0 Å². The summed E-state index contributed by atoms with van der Waals surface area (Å²) in [6.45, 7) is 0. The molecule has 22 heavy (non-hydrogen) atoms. The predicted octanol–water partition coefficient (Wildman–Crippen LogP) is 3.15. The summed E-state index contributed by atoms with van der Waals surface area (Å²) >= 11 is 1.09. The van der Waals surface area contributed by atoms with Crippen LogP contribution in [0.3, 0.4) is 0 Å². The first-order chi connectivity index (χ1) is 10.3. The van der Waals surface area contributed by atoms with Gasteiger partial charge >= 0.3 is 12.2 Å². The van der Waals surface area contributed by atoms with E-state index in [0.717, 1.165) is 23.5 Å². The van der Waals surface area contributed by atoms with Crippen LogP contribution in [0.5, 0.6) is 0 Å². The molecular formula is C12H7F3N4O2S. The average molecular weight is 328 g/mol. The van der Waals surface area contributed by atoms with Crippen LogP contribution in [0.15, 0.2) is 28.0 Å². The number of rotatable bonds is 3. The van der Waals surface area contributed by atoms with Gasteiger partial charge in [-0.05, 0) is 18.2 Å². The molecule has 0 unspecified atom stereocenters. The van der Waals surface area contributed by atoms with Gasteiger partial charge in [0.1, 0.15) is 11.2 Å². The van der Waals surface area contributed by atoms with E-state index in [4.69, 9.17) is 10.2 Å². The molecule has 2 aromatic heterocycles. The van der Waals surface area contributed by atoms with Crippen molar-refractivity contribution in [2.75, 3.05) is 5.32 Å². The Kier molecular flexibility index (Phi) is 3.24. The molecule has 3 N–H and O–H groups in total. The summed E-state index contributed by atoms with van der Waals surface area (Å²) in [5.41, 5.74) is 4.57. The van der Waals surface area contributed by atoms with Gasteiger partial charge in [-0.25, -0.2) is 4.98 Å². The Labute approximate surface area is 124 Å². The number of aromatic nitrogens is 2. The number of carbonyl (C=O) groups is 1.